The van der Waals surface area contributed by atoms with Gasteiger partial charge in [0.05, 0.1) is 11.0 Å². The van der Waals surface area contributed by atoms with E-state index < -0.39 is 0 Å². The van der Waals surface area contributed by atoms with Crippen molar-refractivity contribution in [1.29, 1.82) is 0 Å². The molecule has 0 amide bonds. The molecular weight excluding hydrogens is 194 g/mol. The summed E-state index contributed by atoms with van der Waals surface area (Å²) in [5, 5.41) is 9.04. The largest absolute Gasteiger partial charge is 0.508 e. The number of nitrogens with zero attached hydrogens (tertiary/aromatic N) is 1. The van der Waals surface area contributed by atoms with Gasteiger partial charge in [0.25, 0.3) is 0 Å². The van der Waals surface area contributed by atoms with E-state index in [4.69, 9.17) is 11.7 Å². The van der Waals surface area contributed by atoms with E-state index in [1.165, 1.54) is 6.07 Å². The van der Waals surface area contributed by atoms with Crippen LogP contribution in [0.1, 0.15) is 0 Å². The zero-order valence-corrected chi connectivity index (χ0v) is 6.59. The average Bonchev–Trinajstić information content (AvgIpc) is 1.95. The molecule has 0 spiro atoms. The SMILES string of the molecule is [C-]#[N+]c1ccc(Br)c(O)c1. The van der Waals surface area contributed by atoms with Crippen molar-refractivity contribution < 1.29 is 5.11 Å². The van der Waals surface area contributed by atoms with Crippen LogP contribution in [-0.2, 0) is 0 Å². The van der Waals surface area contributed by atoms with Crippen LogP contribution in [0.3, 0.4) is 0 Å². The predicted octanol–water partition coefficient (Wildman–Crippen LogP) is 2.71. The van der Waals surface area contributed by atoms with Gasteiger partial charge in [-0.15, -0.1) is 0 Å². The Morgan fingerprint density at radius 3 is 2.70 bits per heavy atom. The van der Waals surface area contributed by atoms with E-state index in [0.29, 0.717) is 10.2 Å². The average molecular weight is 198 g/mol. The predicted molar refractivity (Wildman–Crippen MR) is 42.1 cm³/mol. The Bertz CT molecular complexity index is 290. The highest BCUT2D eigenvalue weighted by Gasteiger charge is 1.96. The van der Waals surface area contributed by atoms with E-state index in [2.05, 4.69) is 20.8 Å². The molecule has 0 bridgehead atoms. The van der Waals surface area contributed by atoms with E-state index in [0.717, 1.165) is 0 Å². The number of halogens is 1. The Balaban J connectivity index is 3.20. The van der Waals surface area contributed by atoms with Gasteiger partial charge in [0, 0.05) is 0 Å². The fourth-order valence-electron chi connectivity index (χ4n) is 0.571. The zero-order chi connectivity index (χ0) is 7.56. The first-order valence-corrected chi connectivity index (χ1v) is 3.39. The molecule has 0 radical (unpaired) electrons. The normalized spacial score (nSPS) is 8.80. The molecule has 0 aromatic heterocycles. The lowest BCUT2D eigenvalue weighted by molar-refractivity contribution is 0.472. The third-order valence-electron chi connectivity index (χ3n) is 1.06. The smallest absolute Gasteiger partial charge is 0.190 e. The highest BCUT2D eigenvalue weighted by molar-refractivity contribution is 9.10. The van der Waals surface area contributed by atoms with E-state index in [9.17, 15) is 0 Å². The van der Waals surface area contributed by atoms with Gasteiger partial charge in [0.15, 0.2) is 5.69 Å². The van der Waals surface area contributed by atoms with Crippen LogP contribution in [-0.4, -0.2) is 5.11 Å². The Morgan fingerprint density at radius 2 is 2.20 bits per heavy atom. The molecule has 0 aliphatic rings. The molecule has 10 heavy (non-hydrogen) atoms. The van der Waals surface area contributed by atoms with Gasteiger partial charge in [0.2, 0.25) is 0 Å². The molecule has 0 saturated carbocycles. The molecule has 0 heterocycles. The van der Waals surface area contributed by atoms with Crippen molar-refractivity contribution in [2.24, 2.45) is 0 Å². The van der Waals surface area contributed by atoms with Crippen molar-refractivity contribution >= 4 is 21.6 Å². The topological polar surface area (TPSA) is 24.6 Å². The van der Waals surface area contributed by atoms with Crippen molar-refractivity contribution in [2.75, 3.05) is 0 Å². The van der Waals surface area contributed by atoms with Gasteiger partial charge in [-0.2, -0.15) is 0 Å². The maximum Gasteiger partial charge on any atom is 0.190 e. The zero-order valence-electron chi connectivity index (χ0n) is 5.00. The van der Waals surface area contributed by atoms with Crippen LogP contribution in [0.4, 0.5) is 5.69 Å². The lowest BCUT2D eigenvalue weighted by atomic mass is 10.3. The Labute approximate surface area is 67.1 Å². The van der Waals surface area contributed by atoms with E-state index >= 15 is 0 Å². The van der Waals surface area contributed by atoms with Gasteiger partial charge in [-0.3, -0.25) is 0 Å². The summed E-state index contributed by atoms with van der Waals surface area (Å²) in [6.45, 7) is 6.61. The fraction of sp³-hybridized carbons (Fsp3) is 0. The van der Waals surface area contributed by atoms with Gasteiger partial charge in [-0.1, -0.05) is 12.1 Å². The Hall–Kier alpha value is -1.01. The molecule has 1 rings (SSSR count). The number of rotatable bonds is 0. The molecule has 0 saturated heterocycles. The van der Waals surface area contributed by atoms with Crippen LogP contribution >= 0.6 is 15.9 Å². The van der Waals surface area contributed by atoms with Gasteiger partial charge in [-0.25, -0.2) is 4.85 Å². The molecule has 0 unspecified atom stereocenters. The van der Waals surface area contributed by atoms with Gasteiger partial charge in [0.1, 0.15) is 5.75 Å². The maximum absolute atomic E-state index is 9.04. The second kappa shape index (κ2) is 2.72. The van der Waals surface area contributed by atoms with Crippen LogP contribution in [0.25, 0.3) is 4.85 Å². The van der Waals surface area contributed by atoms with E-state index in [1.54, 1.807) is 12.1 Å². The first-order valence-electron chi connectivity index (χ1n) is 2.60. The van der Waals surface area contributed by atoms with Crippen molar-refractivity contribution in [3.63, 3.8) is 0 Å². The van der Waals surface area contributed by atoms with E-state index in [-0.39, 0.29) is 5.75 Å². The molecule has 1 N–H and O–H groups in total. The summed E-state index contributed by atoms with van der Waals surface area (Å²) in [5.74, 6) is 0.105. The van der Waals surface area contributed by atoms with Crippen molar-refractivity contribution in [3.8, 4) is 5.75 Å². The van der Waals surface area contributed by atoms with Crippen LogP contribution in [0, 0.1) is 6.57 Å². The van der Waals surface area contributed by atoms with Crippen LogP contribution in [0.2, 0.25) is 0 Å². The molecule has 2 nitrogen and oxygen atoms in total. The number of phenolic OH excluding ortho intramolecular Hbond substituents is 1. The third-order valence-corrected chi connectivity index (χ3v) is 1.73. The molecular formula is C7H4BrNO. The molecule has 1 aromatic rings. The van der Waals surface area contributed by atoms with Crippen molar-refractivity contribution in [3.05, 3.63) is 34.1 Å². The number of hydrogen-bond donors (Lipinski definition) is 1. The molecule has 0 atom stereocenters. The third kappa shape index (κ3) is 1.28. The second-order valence-corrected chi connectivity index (χ2v) is 2.60. The number of phenols is 1. The van der Waals surface area contributed by atoms with Crippen molar-refractivity contribution in [1.82, 2.24) is 0 Å². The standard InChI is InChI=1S/C7H4BrNO/c1-9-5-2-3-6(8)7(10)4-5/h2-4,10H. The molecule has 0 fully saturated rings. The molecule has 0 aliphatic heterocycles. The van der Waals surface area contributed by atoms with Crippen LogP contribution in [0.15, 0.2) is 22.7 Å². The first-order chi connectivity index (χ1) is 4.74. The van der Waals surface area contributed by atoms with E-state index in [1.807, 2.05) is 0 Å². The maximum atomic E-state index is 9.04. The number of aromatic hydroxyl groups is 1. The number of benzene rings is 1. The quantitative estimate of drug-likeness (QED) is 0.636. The van der Waals surface area contributed by atoms with Crippen LogP contribution < -0.4 is 0 Å². The van der Waals surface area contributed by atoms with Crippen molar-refractivity contribution in [2.45, 2.75) is 0 Å². The summed E-state index contributed by atoms with van der Waals surface area (Å²) in [7, 11) is 0. The lowest BCUT2D eigenvalue weighted by Crippen LogP contribution is -1.65. The second-order valence-electron chi connectivity index (χ2n) is 1.75. The number of hydrogen-bond acceptors (Lipinski definition) is 1. The minimum Gasteiger partial charge on any atom is -0.508 e. The molecule has 1 aromatic carbocycles. The van der Waals surface area contributed by atoms with Gasteiger partial charge < -0.3 is 5.11 Å². The monoisotopic (exact) mass is 197 g/mol. The minimum atomic E-state index is 0.105. The Morgan fingerprint density at radius 1 is 1.50 bits per heavy atom. The highest BCUT2D eigenvalue weighted by Crippen LogP contribution is 2.27. The molecule has 50 valence electrons. The Kier molecular flexibility index (Phi) is 1.93. The highest BCUT2D eigenvalue weighted by atomic mass is 79.9. The van der Waals surface area contributed by atoms with Gasteiger partial charge >= 0.3 is 0 Å². The van der Waals surface area contributed by atoms with Gasteiger partial charge in [-0.05, 0) is 22.0 Å². The summed E-state index contributed by atoms with van der Waals surface area (Å²) in [6.07, 6.45) is 0. The lowest BCUT2D eigenvalue weighted by Gasteiger charge is -1.94. The molecule has 3 heteroatoms. The molecule has 0 aliphatic carbocycles. The van der Waals surface area contributed by atoms with Crippen LogP contribution in [0.5, 0.6) is 5.75 Å². The summed E-state index contributed by atoms with van der Waals surface area (Å²) in [4.78, 5) is 3.14. The first kappa shape index (κ1) is 7.10. The minimum absolute atomic E-state index is 0.105. The summed E-state index contributed by atoms with van der Waals surface area (Å²) in [6, 6.07) is 4.69. The summed E-state index contributed by atoms with van der Waals surface area (Å²) < 4.78 is 0.611. The summed E-state index contributed by atoms with van der Waals surface area (Å²) in [5.41, 5.74) is 0.445. The fourth-order valence-corrected chi connectivity index (χ4v) is 0.817. The summed E-state index contributed by atoms with van der Waals surface area (Å²) >= 11 is 3.11.